The molecule has 1 amide bonds. The molecule has 0 aliphatic heterocycles. The van der Waals surface area contributed by atoms with E-state index in [1.54, 1.807) is 0 Å². The van der Waals surface area contributed by atoms with Gasteiger partial charge in [-0.05, 0) is 25.0 Å². The van der Waals surface area contributed by atoms with Crippen LogP contribution >= 0.6 is 11.6 Å². The molecule has 6 heteroatoms. The van der Waals surface area contributed by atoms with E-state index < -0.39 is 0 Å². The van der Waals surface area contributed by atoms with Crippen LogP contribution in [0.25, 0.3) is 0 Å². The molecule has 2 rings (SSSR count). The second-order valence-corrected chi connectivity index (χ2v) is 4.43. The summed E-state index contributed by atoms with van der Waals surface area (Å²) in [4.78, 5) is 11.7. The van der Waals surface area contributed by atoms with Crippen LogP contribution in [0.5, 0.6) is 0 Å². The Bertz CT molecular complexity index is 527. The van der Waals surface area contributed by atoms with E-state index >= 15 is 0 Å². The number of nitrogens with zero attached hydrogens (tertiary/aromatic N) is 2. The van der Waals surface area contributed by atoms with Crippen molar-refractivity contribution in [3.8, 4) is 0 Å². The minimum atomic E-state index is -0.247. The molecular formula is C12H13ClN4O. The Balaban J connectivity index is 1.95. The molecule has 0 fully saturated rings. The summed E-state index contributed by atoms with van der Waals surface area (Å²) < 4.78 is 0. The molecule has 1 unspecified atom stereocenters. The molecule has 18 heavy (non-hydrogen) atoms. The molecule has 1 atom stereocenters. The number of benzene rings is 1. The fourth-order valence-corrected chi connectivity index (χ4v) is 1.87. The third kappa shape index (κ3) is 3.07. The van der Waals surface area contributed by atoms with Crippen LogP contribution in [0.3, 0.4) is 0 Å². The highest BCUT2D eigenvalue weighted by atomic mass is 35.5. The number of carbonyl (C=O) groups excluding carboxylic acids is 1. The summed E-state index contributed by atoms with van der Waals surface area (Å²) in [5, 5.41) is 13.3. The Morgan fingerprint density at radius 1 is 1.50 bits per heavy atom. The lowest BCUT2D eigenvalue weighted by molar-refractivity contribution is 0.0935. The van der Waals surface area contributed by atoms with Crippen LogP contribution < -0.4 is 5.32 Å². The second kappa shape index (κ2) is 5.64. The summed E-state index contributed by atoms with van der Waals surface area (Å²) in [5.41, 5.74) is 1.29. The molecule has 0 radical (unpaired) electrons. The third-order valence-electron chi connectivity index (χ3n) is 2.51. The number of carbonyl (C=O) groups is 1. The first kappa shape index (κ1) is 12.6. The molecule has 0 spiro atoms. The average Bonchev–Trinajstić information content (AvgIpc) is 2.85. The van der Waals surface area contributed by atoms with Crippen molar-refractivity contribution < 1.29 is 4.79 Å². The normalized spacial score (nSPS) is 12.1. The fourth-order valence-electron chi connectivity index (χ4n) is 1.65. The molecule has 0 bridgehead atoms. The molecule has 0 saturated carbocycles. The maximum atomic E-state index is 11.7. The first-order valence-corrected chi connectivity index (χ1v) is 5.94. The maximum Gasteiger partial charge on any atom is 0.273 e. The van der Waals surface area contributed by atoms with Gasteiger partial charge in [0.25, 0.3) is 5.91 Å². The van der Waals surface area contributed by atoms with Crippen molar-refractivity contribution in [1.29, 1.82) is 0 Å². The summed E-state index contributed by atoms with van der Waals surface area (Å²) in [6, 6.07) is 7.55. The van der Waals surface area contributed by atoms with Crippen molar-refractivity contribution in [3.05, 3.63) is 46.7 Å². The third-order valence-corrected chi connectivity index (χ3v) is 2.88. The largest absolute Gasteiger partial charge is 0.348 e. The molecule has 5 nitrogen and oxygen atoms in total. The van der Waals surface area contributed by atoms with Crippen LogP contribution in [0, 0.1) is 0 Å². The van der Waals surface area contributed by atoms with Crippen LogP contribution in [0.1, 0.15) is 23.0 Å². The molecule has 0 aliphatic carbocycles. The van der Waals surface area contributed by atoms with Gasteiger partial charge in [-0.2, -0.15) is 15.4 Å². The lowest BCUT2D eigenvalue weighted by Gasteiger charge is -2.13. The number of H-pyrrole nitrogens is 1. The summed E-state index contributed by atoms with van der Waals surface area (Å²) in [5.74, 6) is -0.247. The minimum Gasteiger partial charge on any atom is -0.348 e. The van der Waals surface area contributed by atoms with Gasteiger partial charge in [-0.15, -0.1) is 0 Å². The summed E-state index contributed by atoms with van der Waals surface area (Å²) in [7, 11) is 0. The van der Waals surface area contributed by atoms with Gasteiger partial charge in [0.15, 0.2) is 5.69 Å². The Hall–Kier alpha value is -1.88. The monoisotopic (exact) mass is 264 g/mol. The number of halogens is 1. The quantitative estimate of drug-likeness (QED) is 0.885. The van der Waals surface area contributed by atoms with Gasteiger partial charge < -0.3 is 5.32 Å². The molecule has 1 aromatic heterocycles. The zero-order chi connectivity index (χ0) is 13.0. The van der Waals surface area contributed by atoms with Crippen LogP contribution in [0.4, 0.5) is 0 Å². The van der Waals surface area contributed by atoms with E-state index in [9.17, 15) is 4.79 Å². The Morgan fingerprint density at radius 2 is 2.28 bits per heavy atom. The number of hydrogen-bond donors (Lipinski definition) is 2. The molecule has 2 N–H and O–H groups in total. The molecule has 1 aromatic carbocycles. The maximum absolute atomic E-state index is 11.7. The SMILES string of the molecule is CC(Cc1ccccc1Cl)NC(=O)c1cn[nH]n1. The number of aromatic nitrogens is 3. The lowest BCUT2D eigenvalue weighted by atomic mass is 10.1. The highest BCUT2D eigenvalue weighted by molar-refractivity contribution is 6.31. The van der Waals surface area contributed by atoms with Gasteiger partial charge >= 0.3 is 0 Å². The molecular weight excluding hydrogens is 252 g/mol. The van der Waals surface area contributed by atoms with Crippen LogP contribution in [0.2, 0.25) is 5.02 Å². The fraction of sp³-hybridized carbons (Fsp3) is 0.250. The number of rotatable bonds is 4. The number of aromatic amines is 1. The lowest BCUT2D eigenvalue weighted by Crippen LogP contribution is -2.34. The summed E-state index contributed by atoms with van der Waals surface area (Å²) in [6.07, 6.45) is 2.06. The smallest absolute Gasteiger partial charge is 0.273 e. The van der Waals surface area contributed by atoms with Crippen molar-refractivity contribution in [3.63, 3.8) is 0 Å². The van der Waals surface area contributed by atoms with E-state index in [1.807, 2.05) is 31.2 Å². The molecule has 94 valence electrons. The zero-order valence-corrected chi connectivity index (χ0v) is 10.6. The first-order valence-electron chi connectivity index (χ1n) is 5.57. The summed E-state index contributed by atoms with van der Waals surface area (Å²) in [6.45, 7) is 1.92. The van der Waals surface area contributed by atoms with Gasteiger partial charge in [0.2, 0.25) is 0 Å². The first-order chi connectivity index (χ1) is 8.66. The van der Waals surface area contributed by atoms with Gasteiger partial charge in [0, 0.05) is 11.1 Å². The molecule has 1 heterocycles. The van der Waals surface area contributed by atoms with E-state index in [0.717, 1.165) is 5.56 Å². The highest BCUT2D eigenvalue weighted by Gasteiger charge is 2.13. The van der Waals surface area contributed by atoms with Gasteiger partial charge in [-0.3, -0.25) is 4.79 Å². The highest BCUT2D eigenvalue weighted by Crippen LogP contribution is 2.16. The Kier molecular flexibility index (Phi) is 3.94. The van der Waals surface area contributed by atoms with Crippen LogP contribution in [0.15, 0.2) is 30.5 Å². The minimum absolute atomic E-state index is 0.0332. The van der Waals surface area contributed by atoms with Crippen LogP contribution in [-0.4, -0.2) is 27.4 Å². The van der Waals surface area contributed by atoms with Gasteiger partial charge in [0.1, 0.15) is 0 Å². The summed E-state index contributed by atoms with van der Waals surface area (Å²) >= 11 is 6.06. The van der Waals surface area contributed by atoms with Gasteiger partial charge in [0.05, 0.1) is 6.20 Å². The van der Waals surface area contributed by atoms with E-state index in [2.05, 4.69) is 20.7 Å². The molecule has 0 aliphatic rings. The van der Waals surface area contributed by atoms with Crippen molar-refractivity contribution >= 4 is 17.5 Å². The van der Waals surface area contributed by atoms with E-state index in [-0.39, 0.29) is 17.6 Å². The topological polar surface area (TPSA) is 70.7 Å². The van der Waals surface area contributed by atoms with Crippen molar-refractivity contribution in [1.82, 2.24) is 20.7 Å². The number of hydrogen-bond acceptors (Lipinski definition) is 3. The Morgan fingerprint density at radius 3 is 2.94 bits per heavy atom. The predicted molar refractivity (Wildman–Crippen MR) is 68.5 cm³/mol. The second-order valence-electron chi connectivity index (χ2n) is 4.03. The molecule has 0 saturated heterocycles. The number of amides is 1. The van der Waals surface area contributed by atoms with Crippen molar-refractivity contribution in [2.75, 3.05) is 0 Å². The standard InChI is InChI=1S/C12H13ClN4O/c1-8(6-9-4-2-3-5-10(9)13)15-12(18)11-7-14-17-16-11/h2-5,7-8H,6H2,1H3,(H,15,18)(H,14,16,17). The van der Waals surface area contributed by atoms with Crippen molar-refractivity contribution in [2.24, 2.45) is 0 Å². The Labute approximate surface area is 110 Å². The van der Waals surface area contributed by atoms with E-state index in [1.165, 1.54) is 6.20 Å². The molecule has 2 aromatic rings. The average molecular weight is 265 g/mol. The van der Waals surface area contributed by atoms with Crippen molar-refractivity contribution in [2.45, 2.75) is 19.4 Å². The van der Waals surface area contributed by atoms with Gasteiger partial charge in [-0.1, -0.05) is 29.8 Å². The van der Waals surface area contributed by atoms with Crippen LogP contribution in [-0.2, 0) is 6.42 Å². The van der Waals surface area contributed by atoms with E-state index in [4.69, 9.17) is 11.6 Å². The van der Waals surface area contributed by atoms with E-state index in [0.29, 0.717) is 11.4 Å². The zero-order valence-electron chi connectivity index (χ0n) is 9.85. The van der Waals surface area contributed by atoms with Gasteiger partial charge in [-0.25, -0.2) is 0 Å². The number of nitrogens with one attached hydrogen (secondary N) is 2. The predicted octanol–water partition coefficient (Wildman–Crippen LogP) is 1.82.